The molecule has 0 heterocycles. The van der Waals surface area contributed by atoms with Gasteiger partial charge in [-0.15, -0.1) is 0 Å². The smallest absolute Gasteiger partial charge is 0.269 e. The zero-order valence-corrected chi connectivity index (χ0v) is 11.8. The molecule has 5 heteroatoms. The van der Waals surface area contributed by atoms with Gasteiger partial charge in [0, 0.05) is 30.8 Å². The summed E-state index contributed by atoms with van der Waals surface area (Å²) < 4.78 is 0. The maximum atomic E-state index is 10.7. The number of hydrogen-bond acceptors (Lipinski definition) is 4. The maximum Gasteiger partial charge on any atom is 0.269 e. The number of rotatable bonds is 6. The number of nitro benzene ring substituents is 1. The highest BCUT2D eigenvalue weighted by Gasteiger charge is 2.16. The van der Waals surface area contributed by atoms with Gasteiger partial charge < -0.3 is 10.0 Å². The molecule has 2 aromatic rings. The SMILES string of the molecule is CCN(c1ccc([N+](=O)[O-])cc1)C(O)Cc1ccccc1. The summed E-state index contributed by atoms with van der Waals surface area (Å²) in [6, 6.07) is 16.0. The minimum absolute atomic E-state index is 0.0485. The van der Waals surface area contributed by atoms with Crippen LogP contribution in [0.1, 0.15) is 12.5 Å². The Hall–Kier alpha value is -2.40. The van der Waals surface area contributed by atoms with Gasteiger partial charge in [-0.25, -0.2) is 0 Å². The summed E-state index contributed by atoms with van der Waals surface area (Å²) in [6.07, 6.45) is -0.162. The van der Waals surface area contributed by atoms with Gasteiger partial charge in [-0.1, -0.05) is 30.3 Å². The molecule has 0 fully saturated rings. The van der Waals surface area contributed by atoms with Gasteiger partial charge in [-0.3, -0.25) is 10.1 Å². The molecule has 1 atom stereocenters. The van der Waals surface area contributed by atoms with Crippen LogP contribution in [0.2, 0.25) is 0 Å². The fourth-order valence-electron chi connectivity index (χ4n) is 2.27. The number of aliphatic hydroxyl groups is 1. The molecule has 0 aliphatic heterocycles. The number of nitro groups is 1. The zero-order chi connectivity index (χ0) is 15.2. The number of likely N-dealkylation sites (N-methyl/N-ethyl adjacent to an activating group) is 1. The van der Waals surface area contributed by atoms with E-state index < -0.39 is 11.2 Å². The molecule has 5 nitrogen and oxygen atoms in total. The monoisotopic (exact) mass is 286 g/mol. The van der Waals surface area contributed by atoms with Crippen molar-refractivity contribution in [3.05, 3.63) is 70.3 Å². The van der Waals surface area contributed by atoms with Crippen molar-refractivity contribution < 1.29 is 10.0 Å². The average Bonchev–Trinajstić information content (AvgIpc) is 2.49. The third kappa shape index (κ3) is 3.79. The number of non-ortho nitro benzene ring substituents is 1. The molecular weight excluding hydrogens is 268 g/mol. The van der Waals surface area contributed by atoms with Crippen molar-refractivity contribution in [2.45, 2.75) is 19.6 Å². The fraction of sp³-hybridized carbons (Fsp3) is 0.250. The number of nitrogens with zero attached hydrogens (tertiary/aromatic N) is 2. The maximum absolute atomic E-state index is 10.7. The first kappa shape index (κ1) is 15.0. The van der Waals surface area contributed by atoms with Gasteiger partial charge >= 0.3 is 0 Å². The molecule has 2 aromatic carbocycles. The minimum atomic E-state index is -0.668. The van der Waals surface area contributed by atoms with Crippen LogP contribution in [0.15, 0.2) is 54.6 Å². The van der Waals surface area contributed by atoms with Crippen molar-refractivity contribution in [3.63, 3.8) is 0 Å². The molecule has 0 spiro atoms. The second kappa shape index (κ2) is 6.85. The molecular formula is C16H18N2O3. The summed E-state index contributed by atoms with van der Waals surface area (Å²) in [5.74, 6) is 0. The van der Waals surface area contributed by atoms with E-state index in [4.69, 9.17) is 0 Å². The van der Waals surface area contributed by atoms with E-state index in [-0.39, 0.29) is 5.69 Å². The predicted octanol–water partition coefficient (Wildman–Crippen LogP) is 2.98. The largest absolute Gasteiger partial charge is 0.373 e. The Morgan fingerprint density at radius 2 is 1.76 bits per heavy atom. The Bertz CT molecular complexity index is 584. The highest BCUT2D eigenvalue weighted by molar-refractivity contribution is 5.51. The molecule has 1 N–H and O–H groups in total. The van der Waals surface area contributed by atoms with Crippen LogP contribution >= 0.6 is 0 Å². The predicted molar refractivity (Wildman–Crippen MR) is 82.3 cm³/mol. The van der Waals surface area contributed by atoms with Crippen molar-refractivity contribution >= 4 is 11.4 Å². The summed E-state index contributed by atoms with van der Waals surface area (Å²) in [4.78, 5) is 12.1. The Kier molecular flexibility index (Phi) is 4.90. The van der Waals surface area contributed by atoms with Crippen molar-refractivity contribution in [2.75, 3.05) is 11.4 Å². The van der Waals surface area contributed by atoms with Crippen LogP contribution in [0, 0.1) is 10.1 Å². The summed E-state index contributed by atoms with van der Waals surface area (Å²) in [5.41, 5.74) is 1.87. The first-order chi connectivity index (χ1) is 10.1. The third-order valence-corrected chi connectivity index (χ3v) is 3.35. The molecule has 110 valence electrons. The van der Waals surface area contributed by atoms with Gasteiger partial charge in [-0.05, 0) is 24.6 Å². The van der Waals surface area contributed by atoms with Gasteiger partial charge in [0.2, 0.25) is 0 Å². The quantitative estimate of drug-likeness (QED) is 0.503. The molecule has 0 aliphatic carbocycles. The lowest BCUT2D eigenvalue weighted by molar-refractivity contribution is -0.384. The second-order valence-corrected chi connectivity index (χ2v) is 4.73. The molecule has 0 bridgehead atoms. The number of benzene rings is 2. The minimum Gasteiger partial charge on any atom is -0.373 e. The van der Waals surface area contributed by atoms with Crippen LogP contribution in [0.5, 0.6) is 0 Å². The molecule has 0 saturated carbocycles. The summed E-state index contributed by atoms with van der Waals surface area (Å²) in [7, 11) is 0. The molecule has 0 aliphatic rings. The Labute approximate surface area is 123 Å². The van der Waals surface area contributed by atoms with Crippen molar-refractivity contribution in [1.29, 1.82) is 0 Å². The normalized spacial score (nSPS) is 11.9. The lowest BCUT2D eigenvalue weighted by atomic mass is 10.1. The van der Waals surface area contributed by atoms with E-state index >= 15 is 0 Å². The topological polar surface area (TPSA) is 66.6 Å². The highest BCUT2D eigenvalue weighted by Crippen LogP contribution is 2.21. The van der Waals surface area contributed by atoms with E-state index in [2.05, 4.69) is 0 Å². The van der Waals surface area contributed by atoms with Gasteiger partial charge in [0.25, 0.3) is 5.69 Å². The molecule has 0 radical (unpaired) electrons. The number of anilines is 1. The van der Waals surface area contributed by atoms with Crippen molar-refractivity contribution in [3.8, 4) is 0 Å². The van der Waals surface area contributed by atoms with Crippen molar-refractivity contribution in [1.82, 2.24) is 0 Å². The fourth-order valence-corrected chi connectivity index (χ4v) is 2.27. The van der Waals surface area contributed by atoms with Crippen LogP contribution in [0.4, 0.5) is 11.4 Å². The van der Waals surface area contributed by atoms with E-state index in [9.17, 15) is 15.2 Å². The van der Waals surface area contributed by atoms with Gasteiger partial charge in [0.05, 0.1) is 4.92 Å². The van der Waals surface area contributed by atoms with E-state index in [0.29, 0.717) is 13.0 Å². The molecule has 2 rings (SSSR count). The van der Waals surface area contributed by atoms with E-state index in [1.807, 2.05) is 42.2 Å². The van der Waals surface area contributed by atoms with E-state index in [1.165, 1.54) is 12.1 Å². The Morgan fingerprint density at radius 1 is 1.14 bits per heavy atom. The number of aliphatic hydroxyl groups excluding tert-OH is 1. The van der Waals surface area contributed by atoms with Gasteiger partial charge in [-0.2, -0.15) is 0 Å². The van der Waals surface area contributed by atoms with Crippen LogP contribution in [-0.4, -0.2) is 22.8 Å². The average molecular weight is 286 g/mol. The molecule has 0 saturated heterocycles. The number of hydrogen-bond donors (Lipinski definition) is 1. The van der Waals surface area contributed by atoms with E-state index in [1.54, 1.807) is 12.1 Å². The second-order valence-electron chi connectivity index (χ2n) is 4.73. The zero-order valence-electron chi connectivity index (χ0n) is 11.8. The Balaban J connectivity index is 2.13. The lowest BCUT2D eigenvalue weighted by Crippen LogP contribution is -2.36. The van der Waals surface area contributed by atoms with Crippen LogP contribution < -0.4 is 4.90 Å². The highest BCUT2D eigenvalue weighted by atomic mass is 16.6. The first-order valence-corrected chi connectivity index (χ1v) is 6.85. The molecule has 1 unspecified atom stereocenters. The summed E-state index contributed by atoms with van der Waals surface area (Å²) in [6.45, 7) is 2.56. The molecule has 0 amide bonds. The summed E-state index contributed by atoms with van der Waals surface area (Å²) in [5, 5.41) is 21.1. The first-order valence-electron chi connectivity index (χ1n) is 6.85. The van der Waals surface area contributed by atoms with Gasteiger partial charge in [0.1, 0.15) is 6.23 Å². The summed E-state index contributed by atoms with van der Waals surface area (Å²) >= 11 is 0. The standard InChI is InChI=1S/C16H18N2O3/c1-2-17(14-8-10-15(11-9-14)18(20)21)16(19)12-13-6-4-3-5-7-13/h3-11,16,19H,2,12H2,1H3. The lowest BCUT2D eigenvalue weighted by Gasteiger charge is -2.29. The van der Waals surface area contributed by atoms with Crippen LogP contribution in [-0.2, 0) is 6.42 Å². The Morgan fingerprint density at radius 3 is 2.29 bits per heavy atom. The van der Waals surface area contributed by atoms with Gasteiger partial charge in [0.15, 0.2) is 0 Å². The molecule has 0 aromatic heterocycles. The van der Waals surface area contributed by atoms with E-state index in [0.717, 1.165) is 11.3 Å². The van der Waals surface area contributed by atoms with Crippen LogP contribution in [0.25, 0.3) is 0 Å². The van der Waals surface area contributed by atoms with Crippen LogP contribution in [0.3, 0.4) is 0 Å². The third-order valence-electron chi connectivity index (χ3n) is 3.35. The van der Waals surface area contributed by atoms with Crippen molar-refractivity contribution in [2.24, 2.45) is 0 Å². The molecule has 21 heavy (non-hydrogen) atoms.